The lowest BCUT2D eigenvalue weighted by Crippen LogP contribution is -2.54. The summed E-state index contributed by atoms with van der Waals surface area (Å²) < 4.78 is 0. The Bertz CT molecular complexity index is 594. The number of hydrogen-bond acceptors (Lipinski definition) is 5. The van der Waals surface area contributed by atoms with Crippen LogP contribution in [0.2, 0.25) is 0 Å². The van der Waals surface area contributed by atoms with Crippen LogP contribution in [0.15, 0.2) is 29.9 Å². The summed E-state index contributed by atoms with van der Waals surface area (Å²) in [5.74, 6) is 0.833. The molecule has 1 atom stereocenters. The maximum atomic E-state index is 4.53. The van der Waals surface area contributed by atoms with Gasteiger partial charge < -0.3 is 0 Å². The number of thiophene rings is 1. The molecule has 0 saturated carbocycles. The van der Waals surface area contributed by atoms with Gasteiger partial charge in [0, 0.05) is 56.2 Å². The SMILES string of the molecule is CC[C@H]1CN(Cc2cnc(-c3cccs3)nc2)CCN1C(C)C. The molecule has 1 aliphatic heterocycles. The molecule has 4 nitrogen and oxygen atoms in total. The van der Waals surface area contributed by atoms with E-state index in [2.05, 4.69) is 52.0 Å². The van der Waals surface area contributed by atoms with Crippen molar-refractivity contribution in [3.8, 4) is 10.7 Å². The molecular weight excluding hydrogens is 304 g/mol. The molecule has 5 heteroatoms. The van der Waals surface area contributed by atoms with Gasteiger partial charge in [-0.05, 0) is 31.7 Å². The maximum absolute atomic E-state index is 4.53. The lowest BCUT2D eigenvalue weighted by molar-refractivity contribution is 0.0456. The largest absolute Gasteiger partial charge is 0.296 e. The van der Waals surface area contributed by atoms with Crippen LogP contribution >= 0.6 is 11.3 Å². The quantitative estimate of drug-likeness (QED) is 0.840. The Kier molecular flexibility index (Phi) is 5.41. The molecule has 0 unspecified atom stereocenters. The minimum Gasteiger partial charge on any atom is -0.296 e. The highest BCUT2D eigenvalue weighted by atomic mass is 32.1. The normalized spacial score (nSPS) is 20.3. The number of nitrogens with zero attached hydrogens (tertiary/aromatic N) is 4. The summed E-state index contributed by atoms with van der Waals surface area (Å²) in [6.45, 7) is 11.3. The molecule has 0 spiro atoms. The second-order valence-electron chi connectivity index (χ2n) is 6.52. The first-order valence-electron chi connectivity index (χ1n) is 8.50. The van der Waals surface area contributed by atoms with Gasteiger partial charge in [0.25, 0.3) is 0 Å². The molecule has 23 heavy (non-hydrogen) atoms. The van der Waals surface area contributed by atoms with Gasteiger partial charge in [-0.15, -0.1) is 11.3 Å². The van der Waals surface area contributed by atoms with Crippen LogP contribution in [0.25, 0.3) is 10.7 Å². The first-order chi connectivity index (χ1) is 11.2. The topological polar surface area (TPSA) is 32.3 Å². The van der Waals surface area contributed by atoms with Crippen LogP contribution in [0.4, 0.5) is 0 Å². The first-order valence-corrected chi connectivity index (χ1v) is 9.38. The van der Waals surface area contributed by atoms with Gasteiger partial charge in [-0.25, -0.2) is 9.97 Å². The first kappa shape index (κ1) is 16.6. The van der Waals surface area contributed by atoms with Crippen LogP contribution in [-0.4, -0.2) is 51.5 Å². The van der Waals surface area contributed by atoms with E-state index in [1.807, 2.05) is 18.5 Å². The summed E-state index contributed by atoms with van der Waals surface area (Å²) in [5.41, 5.74) is 1.21. The summed E-state index contributed by atoms with van der Waals surface area (Å²) in [5, 5.41) is 2.06. The smallest absolute Gasteiger partial charge is 0.169 e. The molecule has 2 aromatic rings. The molecule has 0 bridgehead atoms. The number of piperazine rings is 1. The van der Waals surface area contributed by atoms with Crippen molar-refractivity contribution in [1.82, 2.24) is 19.8 Å². The predicted molar refractivity (Wildman–Crippen MR) is 96.5 cm³/mol. The lowest BCUT2D eigenvalue weighted by Gasteiger charge is -2.43. The molecule has 1 saturated heterocycles. The Morgan fingerprint density at radius 2 is 2.04 bits per heavy atom. The molecule has 0 radical (unpaired) electrons. The zero-order valence-corrected chi connectivity index (χ0v) is 15.1. The molecule has 1 aliphatic rings. The molecule has 0 amide bonds. The van der Waals surface area contributed by atoms with Crippen LogP contribution in [0.5, 0.6) is 0 Å². The van der Waals surface area contributed by atoms with E-state index in [1.165, 1.54) is 12.0 Å². The third kappa shape index (κ3) is 3.97. The second kappa shape index (κ2) is 7.51. The van der Waals surface area contributed by atoms with Crippen molar-refractivity contribution in [2.24, 2.45) is 0 Å². The van der Waals surface area contributed by atoms with E-state index in [4.69, 9.17) is 0 Å². The number of aromatic nitrogens is 2. The van der Waals surface area contributed by atoms with Crippen molar-refractivity contribution >= 4 is 11.3 Å². The Morgan fingerprint density at radius 1 is 1.26 bits per heavy atom. The molecule has 2 aromatic heterocycles. The van der Waals surface area contributed by atoms with Gasteiger partial charge in [-0.1, -0.05) is 13.0 Å². The van der Waals surface area contributed by atoms with Gasteiger partial charge in [-0.3, -0.25) is 9.80 Å². The van der Waals surface area contributed by atoms with Crippen LogP contribution < -0.4 is 0 Å². The molecule has 124 valence electrons. The lowest BCUT2D eigenvalue weighted by atomic mass is 10.1. The van der Waals surface area contributed by atoms with E-state index in [-0.39, 0.29) is 0 Å². The highest BCUT2D eigenvalue weighted by molar-refractivity contribution is 7.13. The summed E-state index contributed by atoms with van der Waals surface area (Å²) in [4.78, 5) is 15.4. The van der Waals surface area contributed by atoms with Crippen molar-refractivity contribution in [3.05, 3.63) is 35.5 Å². The van der Waals surface area contributed by atoms with E-state index < -0.39 is 0 Å². The minimum absolute atomic E-state index is 0.635. The molecule has 1 fully saturated rings. The monoisotopic (exact) mass is 330 g/mol. The molecule has 0 aromatic carbocycles. The molecule has 3 rings (SSSR count). The molecule has 3 heterocycles. The minimum atomic E-state index is 0.635. The van der Waals surface area contributed by atoms with Gasteiger partial charge in [-0.2, -0.15) is 0 Å². The van der Waals surface area contributed by atoms with Crippen molar-refractivity contribution < 1.29 is 0 Å². The molecule has 0 N–H and O–H groups in total. The Balaban J connectivity index is 1.61. The summed E-state index contributed by atoms with van der Waals surface area (Å²) in [7, 11) is 0. The van der Waals surface area contributed by atoms with Crippen LogP contribution in [0.1, 0.15) is 32.8 Å². The Hall–Kier alpha value is -1.30. The van der Waals surface area contributed by atoms with E-state index in [9.17, 15) is 0 Å². The van der Waals surface area contributed by atoms with Gasteiger partial charge in [0.05, 0.1) is 4.88 Å². The maximum Gasteiger partial charge on any atom is 0.169 e. The summed E-state index contributed by atoms with van der Waals surface area (Å²) >= 11 is 1.68. The highest BCUT2D eigenvalue weighted by Crippen LogP contribution is 2.21. The third-order valence-electron chi connectivity index (χ3n) is 4.60. The zero-order chi connectivity index (χ0) is 16.2. The predicted octanol–water partition coefficient (Wildman–Crippen LogP) is 3.51. The van der Waals surface area contributed by atoms with E-state index in [1.54, 1.807) is 11.3 Å². The van der Waals surface area contributed by atoms with Crippen molar-refractivity contribution in [1.29, 1.82) is 0 Å². The summed E-state index contributed by atoms with van der Waals surface area (Å²) in [6.07, 6.45) is 5.18. The highest BCUT2D eigenvalue weighted by Gasteiger charge is 2.27. The third-order valence-corrected chi connectivity index (χ3v) is 5.47. The summed E-state index contributed by atoms with van der Waals surface area (Å²) in [6, 6.07) is 5.40. The fourth-order valence-electron chi connectivity index (χ4n) is 3.35. The van der Waals surface area contributed by atoms with Crippen LogP contribution in [-0.2, 0) is 6.54 Å². The molecular formula is C18H26N4S. The van der Waals surface area contributed by atoms with Crippen molar-refractivity contribution in [2.75, 3.05) is 19.6 Å². The van der Waals surface area contributed by atoms with Gasteiger partial charge in [0.2, 0.25) is 0 Å². The molecule has 0 aliphatic carbocycles. The number of hydrogen-bond donors (Lipinski definition) is 0. The fraction of sp³-hybridized carbons (Fsp3) is 0.556. The second-order valence-corrected chi connectivity index (χ2v) is 7.47. The average molecular weight is 331 g/mol. The van der Waals surface area contributed by atoms with E-state index in [0.717, 1.165) is 36.9 Å². The zero-order valence-electron chi connectivity index (χ0n) is 14.3. The van der Waals surface area contributed by atoms with E-state index in [0.29, 0.717) is 12.1 Å². The standard InChI is InChI=1S/C18H26N4S/c1-4-16-13-21(7-8-22(16)14(2)3)12-15-10-19-18(20-11-15)17-6-5-9-23-17/h5-6,9-11,14,16H,4,7-8,12-13H2,1-3H3/t16-/m0/s1. The van der Waals surface area contributed by atoms with E-state index >= 15 is 0 Å². The number of rotatable bonds is 5. The fourth-order valence-corrected chi connectivity index (χ4v) is 4.02. The average Bonchev–Trinajstić information content (AvgIpc) is 3.09. The van der Waals surface area contributed by atoms with Crippen molar-refractivity contribution in [3.63, 3.8) is 0 Å². The van der Waals surface area contributed by atoms with Gasteiger partial charge >= 0.3 is 0 Å². The van der Waals surface area contributed by atoms with Crippen LogP contribution in [0, 0.1) is 0 Å². The van der Waals surface area contributed by atoms with Gasteiger partial charge in [0.15, 0.2) is 5.82 Å². The Morgan fingerprint density at radius 3 is 2.65 bits per heavy atom. The van der Waals surface area contributed by atoms with Gasteiger partial charge in [0.1, 0.15) is 0 Å². The Labute approximate surface area is 143 Å². The van der Waals surface area contributed by atoms with Crippen molar-refractivity contribution in [2.45, 2.75) is 45.8 Å². The van der Waals surface area contributed by atoms with Crippen LogP contribution in [0.3, 0.4) is 0 Å².